The molecule has 23 heavy (non-hydrogen) atoms. The Hall–Kier alpha value is -1.71. The van der Waals surface area contributed by atoms with E-state index in [9.17, 15) is 9.59 Å². The molecule has 0 radical (unpaired) electrons. The summed E-state index contributed by atoms with van der Waals surface area (Å²) >= 11 is 0. The van der Waals surface area contributed by atoms with Crippen LogP contribution in [0.3, 0.4) is 0 Å². The van der Waals surface area contributed by atoms with Crippen molar-refractivity contribution in [3.8, 4) is 0 Å². The molecule has 0 spiro atoms. The van der Waals surface area contributed by atoms with Crippen molar-refractivity contribution in [3.63, 3.8) is 0 Å². The highest BCUT2D eigenvalue weighted by atomic mass is 16.5. The molecule has 4 nitrogen and oxygen atoms in total. The lowest BCUT2D eigenvalue weighted by Gasteiger charge is -2.56. The number of nitrogens with zero attached hydrogens (tertiary/aromatic N) is 1. The van der Waals surface area contributed by atoms with E-state index in [0.29, 0.717) is 17.8 Å². The number of ether oxygens (including phenoxy) is 1. The zero-order chi connectivity index (χ0) is 16.0. The van der Waals surface area contributed by atoms with E-state index in [1.807, 2.05) is 0 Å². The van der Waals surface area contributed by atoms with Crippen LogP contribution in [0.1, 0.15) is 55.9 Å². The van der Waals surface area contributed by atoms with Gasteiger partial charge >= 0.3 is 5.97 Å². The van der Waals surface area contributed by atoms with E-state index >= 15 is 0 Å². The fourth-order valence-electron chi connectivity index (χ4n) is 5.60. The first-order valence-corrected chi connectivity index (χ1v) is 8.72. The van der Waals surface area contributed by atoms with Crippen LogP contribution in [0.2, 0.25) is 0 Å². The Balaban J connectivity index is 1.47. The predicted octanol–water partition coefficient (Wildman–Crippen LogP) is 3.41. The molecular weight excluding hydrogens is 290 g/mol. The summed E-state index contributed by atoms with van der Waals surface area (Å²) in [7, 11) is 0. The molecule has 1 atom stereocenters. The van der Waals surface area contributed by atoms with E-state index in [1.165, 1.54) is 19.3 Å². The molecule has 4 bridgehead atoms. The van der Waals surface area contributed by atoms with Gasteiger partial charge in [0.2, 0.25) is 0 Å². The number of hydrogen-bond donors (Lipinski definition) is 0. The van der Waals surface area contributed by atoms with Gasteiger partial charge in [0, 0.05) is 11.6 Å². The molecule has 1 heterocycles. The van der Waals surface area contributed by atoms with Crippen molar-refractivity contribution in [2.24, 2.45) is 23.2 Å². The Kier molecular flexibility index (Phi) is 3.51. The van der Waals surface area contributed by atoms with E-state index < -0.39 is 12.1 Å². The molecule has 1 aromatic rings. The summed E-state index contributed by atoms with van der Waals surface area (Å²) in [6, 6.07) is 5.11. The van der Waals surface area contributed by atoms with Crippen molar-refractivity contribution in [1.29, 1.82) is 0 Å². The van der Waals surface area contributed by atoms with Crippen LogP contribution in [-0.4, -0.2) is 22.8 Å². The smallest absolute Gasteiger partial charge is 0.357 e. The first-order chi connectivity index (χ1) is 11.1. The van der Waals surface area contributed by atoms with E-state index in [1.54, 1.807) is 31.3 Å². The number of carbonyl (C=O) groups excluding carboxylic acids is 2. The van der Waals surface area contributed by atoms with Crippen molar-refractivity contribution >= 4 is 11.8 Å². The minimum Gasteiger partial charge on any atom is -0.450 e. The van der Waals surface area contributed by atoms with Crippen LogP contribution in [0.4, 0.5) is 0 Å². The Morgan fingerprint density at radius 2 is 1.74 bits per heavy atom. The predicted molar refractivity (Wildman–Crippen MR) is 84.7 cm³/mol. The summed E-state index contributed by atoms with van der Waals surface area (Å²) in [4.78, 5) is 29.2. The molecule has 5 rings (SSSR count). The van der Waals surface area contributed by atoms with Crippen molar-refractivity contribution < 1.29 is 14.3 Å². The second kappa shape index (κ2) is 5.43. The van der Waals surface area contributed by atoms with Crippen molar-refractivity contribution in [3.05, 3.63) is 30.1 Å². The van der Waals surface area contributed by atoms with Gasteiger partial charge in [-0.25, -0.2) is 9.78 Å². The molecule has 0 aromatic carbocycles. The largest absolute Gasteiger partial charge is 0.450 e. The number of aromatic nitrogens is 1. The average Bonchev–Trinajstić information content (AvgIpc) is 2.53. The molecule has 4 saturated carbocycles. The Morgan fingerprint density at radius 1 is 1.13 bits per heavy atom. The lowest BCUT2D eigenvalue weighted by Crippen LogP contribution is -2.52. The summed E-state index contributed by atoms with van der Waals surface area (Å²) in [6.07, 6.45) is 7.79. The summed E-state index contributed by atoms with van der Waals surface area (Å²) in [5.74, 6) is 1.77. The third-order valence-corrected chi connectivity index (χ3v) is 6.09. The number of ketones is 1. The van der Waals surface area contributed by atoms with E-state index in [-0.39, 0.29) is 16.9 Å². The molecule has 122 valence electrons. The number of hydrogen-bond acceptors (Lipinski definition) is 4. The summed E-state index contributed by atoms with van der Waals surface area (Å²) in [5, 5.41) is 0. The van der Waals surface area contributed by atoms with Gasteiger partial charge in [-0.15, -0.1) is 0 Å². The van der Waals surface area contributed by atoms with Crippen LogP contribution in [0, 0.1) is 23.2 Å². The number of carbonyl (C=O) groups is 2. The normalized spacial score (nSPS) is 35.8. The third kappa shape index (κ3) is 2.58. The molecule has 4 heteroatoms. The van der Waals surface area contributed by atoms with Crippen LogP contribution in [0.15, 0.2) is 24.4 Å². The molecule has 4 fully saturated rings. The Morgan fingerprint density at radius 3 is 2.26 bits per heavy atom. The SMILES string of the molecule is C[C@@H](OC(=O)c1ccccn1)C(=O)C12CC3CC(CC(C3)C1)C2. The van der Waals surface area contributed by atoms with Crippen molar-refractivity contribution in [2.45, 2.75) is 51.6 Å². The first kappa shape index (κ1) is 14.9. The lowest BCUT2D eigenvalue weighted by molar-refractivity contribution is -0.152. The van der Waals surface area contributed by atoms with Gasteiger partial charge in [-0.05, 0) is 75.3 Å². The van der Waals surface area contributed by atoms with Gasteiger partial charge in [-0.3, -0.25) is 4.79 Å². The Labute approximate surface area is 136 Å². The molecule has 0 unspecified atom stereocenters. The van der Waals surface area contributed by atoms with Gasteiger partial charge in [0.1, 0.15) is 5.69 Å². The molecule has 1 aromatic heterocycles. The van der Waals surface area contributed by atoms with Crippen molar-refractivity contribution in [2.75, 3.05) is 0 Å². The fourth-order valence-corrected chi connectivity index (χ4v) is 5.60. The van der Waals surface area contributed by atoms with Crippen LogP contribution in [-0.2, 0) is 9.53 Å². The molecule has 4 aliphatic carbocycles. The summed E-state index contributed by atoms with van der Waals surface area (Å²) in [5.41, 5.74) is 0.0381. The second-order valence-corrected chi connectivity index (χ2v) is 7.82. The highest BCUT2D eigenvalue weighted by molar-refractivity contribution is 5.93. The van der Waals surface area contributed by atoms with Gasteiger partial charge in [-0.2, -0.15) is 0 Å². The molecule has 0 N–H and O–H groups in total. The van der Waals surface area contributed by atoms with Gasteiger partial charge in [0.15, 0.2) is 11.9 Å². The average molecular weight is 313 g/mol. The quantitative estimate of drug-likeness (QED) is 0.799. The highest BCUT2D eigenvalue weighted by Crippen LogP contribution is 2.60. The molecular formula is C19H23NO3. The summed E-state index contributed by atoms with van der Waals surface area (Å²) in [6.45, 7) is 1.72. The maximum Gasteiger partial charge on any atom is 0.357 e. The van der Waals surface area contributed by atoms with E-state index in [2.05, 4.69) is 4.98 Å². The zero-order valence-corrected chi connectivity index (χ0v) is 13.5. The van der Waals surface area contributed by atoms with Gasteiger partial charge in [0.05, 0.1) is 0 Å². The number of Topliss-reactive ketones (excluding diaryl/α,β-unsaturated/α-hetero) is 1. The molecule has 0 saturated heterocycles. The highest BCUT2D eigenvalue weighted by Gasteiger charge is 2.55. The molecule has 0 aliphatic heterocycles. The first-order valence-electron chi connectivity index (χ1n) is 8.72. The monoisotopic (exact) mass is 313 g/mol. The Bertz CT molecular complexity index is 589. The number of esters is 1. The van der Waals surface area contributed by atoms with Gasteiger partial charge < -0.3 is 4.74 Å². The molecule has 0 amide bonds. The van der Waals surface area contributed by atoms with E-state index in [0.717, 1.165) is 19.3 Å². The molecule has 4 aliphatic rings. The van der Waals surface area contributed by atoms with Crippen LogP contribution < -0.4 is 0 Å². The van der Waals surface area contributed by atoms with Gasteiger partial charge in [0.25, 0.3) is 0 Å². The number of pyridine rings is 1. The second-order valence-electron chi connectivity index (χ2n) is 7.82. The third-order valence-electron chi connectivity index (χ3n) is 6.09. The lowest BCUT2D eigenvalue weighted by atomic mass is 9.48. The van der Waals surface area contributed by atoms with Crippen LogP contribution >= 0.6 is 0 Å². The van der Waals surface area contributed by atoms with E-state index in [4.69, 9.17) is 4.74 Å². The fraction of sp³-hybridized carbons (Fsp3) is 0.632. The van der Waals surface area contributed by atoms with Gasteiger partial charge in [-0.1, -0.05) is 6.07 Å². The minimum atomic E-state index is -0.680. The maximum absolute atomic E-state index is 13.1. The maximum atomic E-state index is 13.1. The van der Waals surface area contributed by atoms with Crippen LogP contribution in [0.25, 0.3) is 0 Å². The summed E-state index contributed by atoms with van der Waals surface area (Å²) < 4.78 is 5.44. The topological polar surface area (TPSA) is 56.3 Å². The minimum absolute atomic E-state index is 0.140. The standard InChI is InChI=1S/C19H23NO3/c1-12(23-18(22)16-4-2-3-5-20-16)17(21)19-9-13-6-14(10-19)8-15(7-13)11-19/h2-5,12-15H,6-11H2,1H3/t12-,13?,14?,15?,19?/m1/s1. The zero-order valence-electron chi connectivity index (χ0n) is 13.5. The van der Waals surface area contributed by atoms with Crippen molar-refractivity contribution in [1.82, 2.24) is 4.98 Å². The van der Waals surface area contributed by atoms with Crippen LogP contribution in [0.5, 0.6) is 0 Å². The number of rotatable bonds is 4.